The maximum Gasteiger partial charge on any atom is 0.321 e. The second-order valence-corrected chi connectivity index (χ2v) is 5.99. The summed E-state index contributed by atoms with van der Waals surface area (Å²) in [5, 5.41) is 12.4. The maximum absolute atomic E-state index is 10.9. The molecule has 78 valence electrons. The van der Waals surface area contributed by atoms with Gasteiger partial charge < -0.3 is 5.11 Å². The van der Waals surface area contributed by atoms with Crippen molar-refractivity contribution >= 4 is 17.7 Å². The Bertz CT molecular complexity index is 261. The highest BCUT2D eigenvalue weighted by Gasteiger charge is 2.58. The predicted octanol–water partition coefficient (Wildman–Crippen LogP) is 1.29. The summed E-state index contributed by atoms with van der Waals surface area (Å²) in [6.45, 7) is 0. The smallest absolute Gasteiger partial charge is 0.321 e. The fourth-order valence-electron chi connectivity index (χ4n) is 2.54. The number of rotatable bonds is 3. The number of nitrogens with one attached hydrogen (secondary N) is 1. The van der Waals surface area contributed by atoms with Gasteiger partial charge in [-0.15, -0.1) is 11.8 Å². The molecule has 1 heterocycles. The Morgan fingerprint density at radius 3 is 2.21 bits per heavy atom. The minimum absolute atomic E-state index is 0.156. The van der Waals surface area contributed by atoms with E-state index in [1.807, 2.05) is 11.8 Å². The van der Waals surface area contributed by atoms with E-state index in [0.29, 0.717) is 0 Å². The summed E-state index contributed by atoms with van der Waals surface area (Å²) in [5.74, 6) is 1.58. The van der Waals surface area contributed by atoms with Crippen molar-refractivity contribution < 1.29 is 9.90 Å². The Morgan fingerprint density at radius 2 is 1.86 bits per heavy atom. The highest BCUT2D eigenvalue weighted by atomic mass is 32.2. The lowest BCUT2D eigenvalue weighted by Gasteiger charge is -2.29. The van der Waals surface area contributed by atoms with Crippen molar-refractivity contribution in [2.75, 3.05) is 5.75 Å². The molecule has 1 unspecified atom stereocenters. The molecule has 4 heteroatoms. The average molecular weight is 213 g/mol. The number of thioether (sulfide) groups is 1. The fraction of sp³-hybridized carbons (Fsp3) is 0.900. The first-order valence-electron chi connectivity index (χ1n) is 5.37. The molecule has 2 N–H and O–H groups in total. The van der Waals surface area contributed by atoms with E-state index in [1.54, 1.807) is 0 Å². The van der Waals surface area contributed by atoms with E-state index >= 15 is 0 Å². The van der Waals surface area contributed by atoms with Crippen LogP contribution in [0.1, 0.15) is 25.7 Å². The minimum Gasteiger partial charge on any atom is -0.480 e. The van der Waals surface area contributed by atoms with Crippen LogP contribution in [0, 0.1) is 11.8 Å². The Labute approximate surface area is 87.6 Å². The number of carboxylic acids is 1. The molecule has 1 aliphatic heterocycles. The van der Waals surface area contributed by atoms with Crippen LogP contribution < -0.4 is 5.32 Å². The SMILES string of the molecule is O=C(O)C1CSC(C2CC2)(C2CC2)N1. The molecular formula is C10H15NO2S. The molecule has 3 fully saturated rings. The van der Waals surface area contributed by atoms with Gasteiger partial charge in [0, 0.05) is 5.75 Å². The van der Waals surface area contributed by atoms with Crippen LogP contribution in [-0.2, 0) is 4.79 Å². The molecule has 0 spiro atoms. The summed E-state index contributed by atoms with van der Waals surface area (Å²) in [5.41, 5.74) is 0. The van der Waals surface area contributed by atoms with Gasteiger partial charge in [-0.05, 0) is 37.5 Å². The van der Waals surface area contributed by atoms with Gasteiger partial charge >= 0.3 is 5.97 Å². The molecule has 2 aliphatic carbocycles. The number of hydrogen-bond donors (Lipinski definition) is 2. The Hall–Kier alpha value is -0.220. The van der Waals surface area contributed by atoms with E-state index in [9.17, 15) is 4.79 Å². The monoisotopic (exact) mass is 213 g/mol. The quantitative estimate of drug-likeness (QED) is 0.741. The van der Waals surface area contributed by atoms with Crippen molar-refractivity contribution in [3.05, 3.63) is 0 Å². The van der Waals surface area contributed by atoms with Gasteiger partial charge in [-0.25, -0.2) is 0 Å². The number of aliphatic carboxylic acids is 1. The number of hydrogen-bond acceptors (Lipinski definition) is 3. The van der Waals surface area contributed by atoms with Gasteiger partial charge in [-0.3, -0.25) is 10.1 Å². The first-order chi connectivity index (χ1) is 6.72. The molecule has 3 rings (SSSR count). The van der Waals surface area contributed by atoms with E-state index in [2.05, 4.69) is 5.32 Å². The molecule has 1 saturated heterocycles. The van der Waals surface area contributed by atoms with E-state index in [-0.39, 0.29) is 10.9 Å². The first kappa shape index (κ1) is 9.04. The van der Waals surface area contributed by atoms with Gasteiger partial charge in [0.1, 0.15) is 6.04 Å². The van der Waals surface area contributed by atoms with E-state index in [0.717, 1.165) is 17.6 Å². The van der Waals surface area contributed by atoms with Crippen molar-refractivity contribution in [3.8, 4) is 0 Å². The van der Waals surface area contributed by atoms with Gasteiger partial charge in [0.15, 0.2) is 0 Å². The molecule has 0 aromatic carbocycles. The van der Waals surface area contributed by atoms with E-state index < -0.39 is 5.97 Å². The molecule has 0 amide bonds. The fourth-order valence-corrected chi connectivity index (χ4v) is 4.38. The normalized spacial score (nSPS) is 35.9. The number of carbonyl (C=O) groups is 1. The Morgan fingerprint density at radius 1 is 1.29 bits per heavy atom. The third-order valence-corrected chi connectivity index (χ3v) is 5.32. The third kappa shape index (κ3) is 1.27. The summed E-state index contributed by atoms with van der Waals surface area (Å²) in [7, 11) is 0. The van der Waals surface area contributed by atoms with Gasteiger partial charge in [0.05, 0.1) is 4.87 Å². The van der Waals surface area contributed by atoms with Crippen LogP contribution in [0.15, 0.2) is 0 Å². The molecule has 0 bridgehead atoms. The third-order valence-electron chi connectivity index (χ3n) is 3.55. The zero-order chi connectivity index (χ0) is 9.76. The largest absolute Gasteiger partial charge is 0.480 e. The second-order valence-electron chi connectivity index (χ2n) is 4.69. The predicted molar refractivity (Wildman–Crippen MR) is 55.2 cm³/mol. The molecule has 3 nitrogen and oxygen atoms in total. The average Bonchev–Trinajstić information content (AvgIpc) is 3.03. The highest BCUT2D eigenvalue weighted by molar-refractivity contribution is 8.01. The van der Waals surface area contributed by atoms with Crippen LogP contribution in [0.4, 0.5) is 0 Å². The molecule has 2 saturated carbocycles. The van der Waals surface area contributed by atoms with Crippen molar-refractivity contribution in [1.29, 1.82) is 0 Å². The summed E-state index contributed by atoms with van der Waals surface area (Å²) in [6, 6.07) is -0.304. The van der Waals surface area contributed by atoms with Crippen molar-refractivity contribution in [3.63, 3.8) is 0 Å². The number of carboxylic acid groups (broad SMARTS) is 1. The molecule has 1 atom stereocenters. The van der Waals surface area contributed by atoms with Crippen LogP contribution in [-0.4, -0.2) is 27.7 Å². The zero-order valence-electron chi connectivity index (χ0n) is 8.03. The van der Waals surface area contributed by atoms with Gasteiger partial charge in [-0.1, -0.05) is 0 Å². The van der Waals surface area contributed by atoms with E-state index in [1.165, 1.54) is 25.7 Å². The maximum atomic E-state index is 10.9. The van der Waals surface area contributed by atoms with Crippen LogP contribution in [0.2, 0.25) is 0 Å². The summed E-state index contributed by atoms with van der Waals surface area (Å²) < 4.78 is 0. The van der Waals surface area contributed by atoms with Crippen LogP contribution in [0.25, 0.3) is 0 Å². The van der Waals surface area contributed by atoms with Gasteiger partial charge in [0.25, 0.3) is 0 Å². The second kappa shape index (κ2) is 2.89. The summed E-state index contributed by atoms with van der Waals surface area (Å²) >= 11 is 1.88. The van der Waals surface area contributed by atoms with E-state index in [4.69, 9.17) is 5.11 Å². The van der Waals surface area contributed by atoms with Crippen molar-refractivity contribution in [2.45, 2.75) is 36.6 Å². The van der Waals surface area contributed by atoms with Crippen LogP contribution >= 0.6 is 11.8 Å². The summed E-state index contributed by atoms with van der Waals surface area (Å²) in [4.78, 5) is 11.1. The lowest BCUT2D eigenvalue weighted by atomic mass is 10.1. The Kier molecular flexibility index (Phi) is 1.86. The van der Waals surface area contributed by atoms with Crippen molar-refractivity contribution in [1.82, 2.24) is 5.32 Å². The van der Waals surface area contributed by atoms with Gasteiger partial charge in [0.2, 0.25) is 0 Å². The Balaban J connectivity index is 1.78. The molecule has 14 heavy (non-hydrogen) atoms. The first-order valence-corrected chi connectivity index (χ1v) is 6.35. The molecule has 0 aromatic heterocycles. The molecule has 0 aromatic rings. The standard InChI is InChI=1S/C10H15NO2S/c12-9(13)8-5-14-10(11-8,6-1-2-6)7-3-4-7/h6-8,11H,1-5H2,(H,12,13). The van der Waals surface area contributed by atoms with Crippen LogP contribution in [0.5, 0.6) is 0 Å². The van der Waals surface area contributed by atoms with Crippen molar-refractivity contribution in [2.24, 2.45) is 11.8 Å². The lowest BCUT2D eigenvalue weighted by Crippen LogP contribution is -2.48. The lowest BCUT2D eigenvalue weighted by molar-refractivity contribution is -0.139. The molecular weight excluding hydrogens is 198 g/mol. The minimum atomic E-state index is -0.680. The summed E-state index contributed by atoms with van der Waals surface area (Å²) in [6.07, 6.45) is 5.18. The molecule has 0 radical (unpaired) electrons. The molecule has 3 aliphatic rings. The van der Waals surface area contributed by atoms with Crippen LogP contribution in [0.3, 0.4) is 0 Å². The zero-order valence-corrected chi connectivity index (χ0v) is 8.85. The highest BCUT2D eigenvalue weighted by Crippen LogP contribution is 2.59. The van der Waals surface area contributed by atoms with Gasteiger partial charge in [-0.2, -0.15) is 0 Å². The topological polar surface area (TPSA) is 49.3 Å².